The number of hydrogen-bond donors (Lipinski definition) is 2. The van der Waals surface area contributed by atoms with Gasteiger partial charge in [0, 0.05) is 31.0 Å². The number of nitrogens with zero attached hydrogens (tertiary/aromatic N) is 1. The van der Waals surface area contributed by atoms with Gasteiger partial charge < -0.3 is 20.3 Å². The third-order valence-electron chi connectivity index (χ3n) is 4.90. The average Bonchev–Trinajstić information content (AvgIpc) is 2.68. The fraction of sp³-hybridized carbons (Fsp3) is 0.435. The Hall–Kier alpha value is -2.27. The minimum absolute atomic E-state index is 0.172. The maximum atomic E-state index is 5.66. The number of piperidine rings is 1. The van der Waals surface area contributed by atoms with Crippen molar-refractivity contribution in [3.8, 4) is 5.75 Å². The molecule has 1 heterocycles. The Balaban J connectivity index is 1.46. The van der Waals surface area contributed by atoms with Gasteiger partial charge in [0.15, 0.2) is 5.11 Å². The van der Waals surface area contributed by atoms with Gasteiger partial charge in [0.2, 0.25) is 0 Å². The number of benzene rings is 2. The Morgan fingerprint density at radius 2 is 1.86 bits per heavy atom. The highest BCUT2D eigenvalue weighted by Crippen LogP contribution is 2.23. The summed E-state index contributed by atoms with van der Waals surface area (Å²) < 4.78 is 5.66. The number of thiocarbonyl (C=S) groups is 1. The molecule has 2 aromatic carbocycles. The summed E-state index contributed by atoms with van der Waals surface area (Å²) in [6.07, 6.45) is 2.80. The summed E-state index contributed by atoms with van der Waals surface area (Å²) in [5.74, 6) is 1.65. The van der Waals surface area contributed by atoms with E-state index >= 15 is 0 Å². The molecule has 5 heteroatoms. The van der Waals surface area contributed by atoms with E-state index in [-0.39, 0.29) is 6.10 Å². The fourth-order valence-electron chi connectivity index (χ4n) is 3.50. The first-order chi connectivity index (χ1) is 13.5. The molecular formula is C23H31N3OS. The molecule has 0 amide bonds. The third kappa shape index (κ3) is 6.13. The first kappa shape index (κ1) is 20.5. The Morgan fingerprint density at radius 3 is 2.50 bits per heavy atom. The van der Waals surface area contributed by atoms with Crippen LogP contribution in [-0.4, -0.2) is 24.3 Å². The van der Waals surface area contributed by atoms with E-state index in [9.17, 15) is 0 Å². The zero-order valence-electron chi connectivity index (χ0n) is 17.1. The molecule has 1 aliphatic rings. The molecule has 4 nitrogen and oxygen atoms in total. The summed E-state index contributed by atoms with van der Waals surface area (Å²) in [6.45, 7) is 9.40. The largest absolute Gasteiger partial charge is 0.491 e. The van der Waals surface area contributed by atoms with Crippen LogP contribution in [-0.2, 0) is 6.54 Å². The molecule has 2 aromatic rings. The van der Waals surface area contributed by atoms with Gasteiger partial charge in [-0.15, -0.1) is 0 Å². The summed E-state index contributed by atoms with van der Waals surface area (Å²) in [4.78, 5) is 2.49. The SMILES string of the molecule is CC1CCCN(c2ccc(CNC(=S)Nc3ccc(OC(C)C)cc3)cc2)C1. The number of anilines is 2. The smallest absolute Gasteiger partial charge is 0.171 e. The molecule has 0 radical (unpaired) electrons. The van der Waals surface area contributed by atoms with Gasteiger partial charge in [-0.3, -0.25) is 0 Å². The van der Waals surface area contributed by atoms with E-state index in [1.165, 1.54) is 24.1 Å². The highest BCUT2D eigenvalue weighted by molar-refractivity contribution is 7.80. The van der Waals surface area contributed by atoms with E-state index in [1.807, 2.05) is 38.1 Å². The maximum Gasteiger partial charge on any atom is 0.171 e. The van der Waals surface area contributed by atoms with Crippen LogP contribution in [0.1, 0.15) is 39.2 Å². The standard InChI is InChI=1S/C23H31N3OS/c1-17(2)27-22-12-8-20(9-13-22)25-23(28)24-15-19-6-10-21(11-7-19)26-14-4-5-18(3)16-26/h6-13,17-18H,4-5,14-16H2,1-3H3,(H2,24,25,28). The topological polar surface area (TPSA) is 36.5 Å². The highest BCUT2D eigenvalue weighted by Gasteiger charge is 2.16. The van der Waals surface area contributed by atoms with Crippen LogP contribution in [0.2, 0.25) is 0 Å². The second-order valence-corrected chi connectivity index (χ2v) is 8.27. The van der Waals surface area contributed by atoms with Crippen LogP contribution >= 0.6 is 12.2 Å². The molecule has 0 saturated carbocycles. The summed E-state index contributed by atoms with van der Waals surface area (Å²) in [5.41, 5.74) is 3.49. The lowest BCUT2D eigenvalue weighted by molar-refractivity contribution is 0.242. The van der Waals surface area contributed by atoms with E-state index in [1.54, 1.807) is 0 Å². The summed E-state index contributed by atoms with van der Waals surface area (Å²) in [7, 11) is 0. The van der Waals surface area contributed by atoms with Gasteiger partial charge in [0.1, 0.15) is 5.75 Å². The molecule has 3 rings (SSSR count). The van der Waals surface area contributed by atoms with E-state index in [0.717, 1.165) is 30.4 Å². The zero-order valence-corrected chi connectivity index (χ0v) is 17.9. The number of nitrogens with one attached hydrogen (secondary N) is 2. The molecule has 1 aliphatic heterocycles. The molecule has 1 atom stereocenters. The molecule has 150 valence electrons. The monoisotopic (exact) mass is 397 g/mol. The van der Waals surface area contributed by atoms with Crippen molar-refractivity contribution in [2.45, 2.75) is 46.3 Å². The van der Waals surface area contributed by atoms with Crippen molar-refractivity contribution < 1.29 is 4.74 Å². The summed E-state index contributed by atoms with van der Waals surface area (Å²) >= 11 is 5.42. The van der Waals surface area contributed by atoms with Crippen molar-refractivity contribution in [2.24, 2.45) is 5.92 Å². The summed E-state index contributed by atoms with van der Waals surface area (Å²) in [6, 6.07) is 16.7. The van der Waals surface area contributed by atoms with Gasteiger partial charge in [-0.25, -0.2) is 0 Å². The molecule has 28 heavy (non-hydrogen) atoms. The second kappa shape index (κ2) is 9.78. The Kier molecular flexibility index (Phi) is 7.15. The quantitative estimate of drug-likeness (QED) is 0.656. The van der Waals surface area contributed by atoms with Gasteiger partial charge in [-0.1, -0.05) is 19.1 Å². The van der Waals surface area contributed by atoms with Gasteiger partial charge in [0.05, 0.1) is 6.10 Å². The predicted molar refractivity (Wildman–Crippen MR) is 122 cm³/mol. The Bertz CT molecular complexity index is 758. The first-order valence-corrected chi connectivity index (χ1v) is 10.6. The zero-order chi connectivity index (χ0) is 19.9. The van der Waals surface area contributed by atoms with Gasteiger partial charge in [-0.05, 0) is 86.8 Å². The Morgan fingerprint density at radius 1 is 1.14 bits per heavy atom. The highest BCUT2D eigenvalue weighted by atomic mass is 32.1. The Labute approximate surface area is 174 Å². The maximum absolute atomic E-state index is 5.66. The first-order valence-electron chi connectivity index (χ1n) is 10.1. The fourth-order valence-corrected chi connectivity index (χ4v) is 3.69. The van der Waals surface area contributed by atoms with Crippen molar-refractivity contribution >= 4 is 28.7 Å². The van der Waals surface area contributed by atoms with Crippen molar-refractivity contribution in [2.75, 3.05) is 23.3 Å². The third-order valence-corrected chi connectivity index (χ3v) is 5.14. The minimum atomic E-state index is 0.172. The summed E-state index contributed by atoms with van der Waals surface area (Å²) in [5, 5.41) is 7.11. The molecule has 0 spiro atoms. The molecule has 0 bridgehead atoms. The lowest BCUT2D eigenvalue weighted by Gasteiger charge is -2.32. The van der Waals surface area contributed by atoms with Crippen LogP contribution in [0.15, 0.2) is 48.5 Å². The van der Waals surface area contributed by atoms with Crippen LogP contribution in [0.25, 0.3) is 0 Å². The molecule has 0 aliphatic carbocycles. The van der Waals surface area contributed by atoms with Gasteiger partial charge >= 0.3 is 0 Å². The van der Waals surface area contributed by atoms with Crippen LogP contribution in [0.3, 0.4) is 0 Å². The van der Waals surface area contributed by atoms with Gasteiger partial charge in [-0.2, -0.15) is 0 Å². The molecule has 1 saturated heterocycles. The van der Waals surface area contributed by atoms with Crippen molar-refractivity contribution in [3.63, 3.8) is 0 Å². The van der Waals surface area contributed by atoms with E-state index < -0.39 is 0 Å². The van der Waals surface area contributed by atoms with E-state index in [2.05, 4.69) is 46.7 Å². The number of rotatable bonds is 6. The van der Waals surface area contributed by atoms with E-state index in [4.69, 9.17) is 17.0 Å². The number of ether oxygens (including phenoxy) is 1. The molecular weight excluding hydrogens is 366 g/mol. The molecule has 1 unspecified atom stereocenters. The van der Waals surface area contributed by atoms with Crippen LogP contribution in [0, 0.1) is 5.92 Å². The lowest BCUT2D eigenvalue weighted by atomic mass is 9.99. The lowest BCUT2D eigenvalue weighted by Crippen LogP contribution is -2.34. The predicted octanol–water partition coefficient (Wildman–Crippen LogP) is 5.20. The van der Waals surface area contributed by atoms with Gasteiger partial charge in [0.25, 0.3) is 0 Å². The molecule has 2 N–H and O–H groups in total. The second-order valence-electron chi connectivity index (χ2n) is 7.86. The number of hydrogen-bond acceptors (Lipinski definition) is 3. The molecule has 1 fully saturated rings. The van der Waals surface area contributed by atoms with E-state index in [0.29, 0.717) is 11.7 Å². The van der Waals surface area contributed by atoms with Crippen molar-refractivity contribution in [1.82, 2.24) is 5.32 Å². The van der Waals surface area contributed by atoms with Crippen LogP contribution in [0.4, 0.5) is 11.4 Å². The molecule has 0 aromatic heterocycles. The average molecular weight is 398 g/mol. The minimum Gasteiger partial charge on any atom is -0.491 e. The normalized spacial score (nSPS) is 16.7. The van der Waals surface area contributed by atoms with Crippen LogP contribution < -0.4 is 20.3 Å². The van der Waals surface area contributed by atoms with Crippen molar-refractivity contribution in [1.29, 1.82) is 0 Å². The van der Waals surface area contributed by atoms with Crippen molar-refractivity contribution in [3.05, 3.63) is 54.1 Å². The van der Waals surface area contributed by atoms with Crippen LogP contribution in [0.5, 0.6) is 5.75 Å².